The number of hydrogen-bond donors (Lipinski definition) is 1. The second-order valence-corrected chi connectivity index (χ2v) is 7.45. The summed E-state index contributed by atoms with van der Waals surface area (Å²) in [5, 5.41) is 4.31. The number of piperidine rings is 1. The molecule has 2 aliphatic rings. The summed E-state index contributed by atoms with van der Waals surface area (Å²) in [6.07, 6.45) is 4.54. The number of pyridine rings is 1. The number of carbonyl (C=O) groups is 1. The summed E-state index contributed by atoms with van der Waals surface area (Å²) >= 11 is 0. The van der Waals surface area contributed by atoms with Crippen molar-refractivity contribution in [3.63, 3.8) is 0 Å². The number of anilines is 1. The van der Waals surface area contributed by atoms with Gasteiger partial charge in [0.2, 0.25) is 0 Å². The van der Waals surface area contributed by atoms with E-state index >= 15 is 0 Å². The van der Waals surface area contributed by atoms with E-state index in [-0.39, 0.29) is 11.9 Å². The van der Waals surface area contributed by atoms with Crippen LogP contribution >= 0.6 is 0 Å². The van der Waals surface area contributed by atoms with E-state index in [4.69, 9.17) is 4.98 Å². The Morgan fingerprint density at radius 2 is 2.00 bits per heavy atom. The number of likely N-dealkylation sites (N-methyl/N-ethyl adjacent to an activating group) is 1. The summed E-state index contributed by atoms with van der Waals surface area (Å²) in [6, 6.07) is 10.3. The third-order valence-corrected chi connectivity index (χ3v) is 5.64. The Labute approximate surface area is 155 Å². The molecule has 1 aromatic carbocycles. The van der Waals surface area contributed by atoms with Crippen LogP contribution in [0.1, 0.15) is 43.0 Å². The zero-order valence-corrected chi connectivity index (χ0v) is 15.6. The Morgan fingerprint density at radius 3 is 2.81 bits per heavy atom. The van der Waals surface area contributed by atoms with Gasteiger partial charge in [-0.3, -0.25) is 4.79 Å². The molecule has 0 radical (unpaired) electrons. The molecular formula is C21H28N4O. The van der Waals surface area contributed by atoms with Gasteiger partial charge in [0.05, 0.1) is 11.1 Å². The molecule has 5 nitrogen and oxygen atoms in total. The molecule has 1 aromatic heterocycles. The average Bonchev–Trinajstić information content (AvgIpc) is 3.21. The summed E-state index contributed by atoms with van der Waals surface area (Å²) in [4.78, 5) is 22.7. The van der Waals surface area contributed by atoms with Crippen molar-refractivity contribution in [1.29, 1.82) is 0 Å². The Morgan fingerprint density at radius 1 is 1.19 bits per heavy atom. The fraction of sp³-hybridized carbons (Fsp3) is 0.524. The maximum atomic E-state index is 13.1. The van der Waals surface area contributed by atoms with Gasteiger partial charge >= 0.3 is 0 Å². The Kier molecular flexibility index (Phi) is 5.07. The van der Waals surface area contributed by atoms with Gasteiger partial charge < -0.3 is 15.1 Å². The van der Waals surface area contributed by atoms with Gasteiger partial charge in [-0.2, -0.15) is 0 Å². The van der Waals surface area contributed by atoms with Crippen molar-refractivity contribution in [2.75, 3.05) is 37.6 Å². The lowest BCUT2D eigenvalue weighted by Gasteiger charge is -2.32. The third kappa shape index (κ3) is 3.54. The van der Waals surface area contributed by atoms with Crippen molar-refractivity contribution in [3.8, 4) is 0 Å². The van der Waals surface area contributed by atoms with Crippen LogP contribution in [0, 0.1) is 0 Å². The van der Waals surface area contributed by atoms with Crippen molar-refractivity contribution >= 4 is 22.6 Å². The van der Waals surface area contributed by atoms with Gasteiger partial charge in [0.1, 0.15) is 5.82 Å². The lowest BCUT2D eigenvalue weighted by molar-refractivity contribution is 0.0906. The van der Waals surface area contributed by atoms with E-state index in [1.54, 1.807) is 0 Å². The van der Waals surface area contributed by atoms with E-state index in [1.807, 2.05) is 30.3 Å². The first-order valence-electron chi connectivity index (χ1n) is 9.92. The quantitative estimate of drug-likeness (QED) is 0.919. The van der Waals surface area contributed by atoms with Crippen LogP contribution in [0.4, 0.5) is 5.82 Å². The highest BCUT2D eigenvalue weighted by molar-refractivity contribution is 6.02. The van der Waals surface area contributed by atoms with Crippen molar-refractivity contribution in [3.05, 3.63) is 35.9 Å². The van der Waals surface area contributed by atoms with Gasteiger partial charge in [-0.15, -0.1) is 0 Å². The highest BCUT2D eigenvalue weighted by atomic mass is 16.1. The van der Waals surface area contributed by atoms with Crippen LogP contribution in [0.25, 0.3) is 10.9 Å². The smallest absolute Gasteiger partial charge is 0.255 e. The van der Waals surface area contributed by atoms with Gasteiger partial charge in [-0.1, -0.05) is 25.1 Å². The van der Waals surface area contributed by atoms with E-state index in [1.165, 1.54) is 12.8 Å². The monoisotopic (exact) mass is 352 g/mol. The number of amides is 1. The van der Waals surface area contributed by atoms with Gasteiger partial charge in [0.15, 0.2) is 0 Å². The highest BCUT2D eigenvalue weighted by Gasteiger charge is 2.25. The van der Waals surface area contributed by atoms with Gasteiger partial charge in [0, 0.05) is 31.1 Å². The van der Waals surface area contributed by atoms with Gasteiger partial charge in [-0.05, 0) is 50.9 Å². The SMILES string of the molecule is CCN1CCC[C@H](NC(=O)c2cc3ccccc3nc2N2CCCC2)C1. The number of carbonyl (C=O) groups excluding carboxylic acids is 1. The number of nitrogens with one attached hydrogen (secondary N) is 1. The van der Waals surface area contributed by atoms with Crippen LogP contribution in [-0.2, 0) is 0 Å². The maximum Gasteiger partial charge on any atom is 0.255 e. The lowest BCUT2D eigenvalue weighted by Crippen LogP contribution is -2.47. The number of para-hydroxylation sites is 1. The highest BCUT2D eigenvalue weighted by Crippen LogP contribution is 2.27. The van der Waals surface area contributed by atoms with E-state index in [0.29, 0.717) is 0 Å². The van der Waals surface area contributed by atoms with Crippen LogP contribution in [0.2, 0.25) is 0 Å². The van der Waals surface area contributed by atoms with Crippen LogP contribution in [0.3, 0.4) is 0 Å². The molecule has 0 spiro atoms. The van der Waals surface area contributed by atoms with E-state index in [9.17, 15) is 4.79 Å². The first-order chi connectivity index (χ1) is 12.7. The Balaban J connectivity index is 1.62. The van der Waals surface area contributed by atoms with Gasteiger partial charge in [0.25, 0.3) is 5.91 Å². The minimum absolute atomic E-state index is 0.0214. The molecule has 3 heterocycles. The second kappa shape index (κ2) is 7.62. The number of hydrogen-bond acceptors (Lipinski definition) is 4. The first-order valence-corrected chi connectivity index (χ1v) is 9.92. The molecule has 1 N–H and O–H groups in total. The number of benzene rings is 1. The lowest BCUT2D eigenvalue weighted by atomic mass is 10.0. The zero-order valence-electron chi connectivity index (χ0n) is 15.6. The molecule has 2 saturated heterocycles. The molecule has 0 bridgehead atoms. The molecule has 1 amide bonds. The van der Waals surface area contributed by atoms with Crippen LogP contribution < -0.4 is 10.2 Å². The molecule has 26 heavy (non-hydrogen) atoms. The maximum absolute atomic E-state index is 13.1. The van der Waals surface area contributed by atoms with Crippen molar-refractivity contribution < 1.29 is 4.79 Å². The van der Waals surface area contributed by atoms with E-state index in [0.717, 1.165) is 67.8 Å². The predicted octanol–water partition coefficient (Wildman–Crippen LogP) is 3.05. The molecule has 138 valence electrons. The summed E-state index contributed by atoms with van der Waals surface area (Å²) in [6.45, 7) is 7.28. The van der Waals surface area contributed by atoms with E-state index in [2.05, 4.69) is 22.0 Å². The first kappa shape index (κ1) is 17.3. The predicted molar refractivity (Wildman–Crippen MR) is 106 cm³/mol. The van der Waals surface area contributed by atoms with Gasteiger partial charge in [-0.25, -0.2) is 4.98 Å². The molecule has 0 aliphatic carbocycles. The molecule has 0 unspecified atom stereocenters. The Hall–Kier alpha value is -2.14. The number of rotatable bonds is 4. The van der Waals surface area contributed by atoms with Crippen molar-refractivity contribution in [2.45, 2.75) is 38.6 Å². The van der Waals surface area contributed by atoms with Crippen molar-refractivity contribution in [1.82, 2.24) is 15.2 Å². The van der Waals surface area contributed by atoms with Crippen LogP contribution in [0.5, 0.6) is 0 Å². The van der Waals surface area contributed by atoms with Crippen molar-refractivity contribution in [2.24, 2.45) is 0 Å². The molecule has 5 heteroatoms. The minimum atomic E-state index is 0.0214. The van der Waals surface area contributed by atoms with Crippen LogP contribution in [-0.4, -0.2) is 54.6 Å². The number of likely N-dealkylation sites (tertiary alicyclic amines) is 1. The summed E-state index contributed by atoms with van der Waals surface area (Å²) < 4.78 is 0. The summed E-state index contributed by atoms with van der Waals surface area (Å²) in [7, 11) is 0. The molecule has 2 aromatic rings. The molecular weight excluding hydrogens is 324 g/mol. The summed E-state index contributed by atoms with van der Waals surface area (Å²) in [5.74, 6) is 0.870. The normalized spacial score (nSPS) is 21.3. The standard InChI is InChI=1S/C21H28N4O/c1-2-24-11-7-9-17(15-24)22-21(26)18-14-16-8-3-4-10-19(16)23-20(18)25-12-5-6-13-25/h3-4,8,10,14,17H,2,5-7,9,11-13,15H2,1H3,(H,22,26)/t17-/m0/s1. The Bertz CT molecular complexity index is 785. The number of fused-ring (bicyclic) bond motifs is 1. The fourth-order valence-corrected chi connectivity index (χ4v) is 4.17. The minimum Gasteiger partial charge on any atom is -0.356 e. The molecule has 2 fully saturated rings. The van der Waals surface area contributed by atoms with Crippen LogP contribution in [0.15, 0.2) is 30.3 Å². The largest absolute Gasteiger partial charge is 0.356 e. The fourth-order valence-electron chi connectivity index (χ4n) is 4.17. The second-order valence-electron chi connectivity index (χ2n) is 7.45. The van der Waals surface area contributed by atoms with E-state index < -0.39 is 0 Å². The third-order valence-electron chi connectivity index (χ3n) is 5.64. The number of nitrogens with zero attached hydrogens (tertiary/aromatic N) is 3. The topological polar surface area (TPSA) is 48.5 Å². The number of aromatic nitrogens is 1. The molecule has 4 rings (SSSR count). The molecule has 2 aliphatic heterocycles. The molecule has 0 saturated carbocycles. The average molecular weight is 352 g/mol. The summed E-state index contributed by atoms with van der Waals surface area (Å²) in [5.41, 5.74) is 1.68. The zero-order chi connectivity index (χ0) is 17.9. The molecule has 1 atom stereocenters.